The van der Waals surface area contributed by atoms with E-state index < -0.39 is 0 Å². The third-order valence-electron chi connectivity index (χ3n) is 3.07. The van der Waals surface area contributed by atoms with E-state index in [0.717, 1.165) is 31.4 Å². The molecule has 0 aromatic carbocycles. The summed E-state index contributed by atoms with van der Waals surface area (Å²) in [7, 11) is 0. The highest BCUT2D eigenvalue weighted by molar-refractivity contribution is 7.07. The molecular formula is C14H19N3S. The van der Waals surface area contributed by atoms with Crippen LogP contribution in [0.5, 0.6) is 0 Å². The molecule has 0 aliphatic carbocycles. The van der Waals surface area contributed by atoms with E-state index >= 15 is 0 Å². The van der Waals surface area contributed by atoms with Crippen molar-refractivity contribution in [3.63, 3.8) is 0 Å². The van der Waals surface area contributed by atoms with Crippen LogP contribution in [-0.2, 0) is 12.8 Å². The van der Waals surface area contributed by atoms with Crippen molar-refractivity contribution >= 4 is 11.3 Å². The van der Waals surface area contributed by atoms with Crippen LogP contribution in [0.4, 0.5) is 0 Å². The van der Waals surface area contributed by atoms with E-state index in [1.807, 2.05) is 18.3 Å². The smallest absolute Gasteiger partial charge is 0.0404 e. The monoisotopic (exact) mass is 261 g/mol. The standard InChI is InChI=1S/C14H19N3S/c15-17-14(5-4-12-8-10-18-11-12)7-6-13-3-1-2-9-16-13/h1-3,8-11,14,17H,4-7,15H2. The fourth-order valence-electron chi connectivity index (χ4n) is 1.95. The van der Waals surface area contributed by atoms with Gasteiger partial charge in [-0.15, -0.1) is 0 Å². The molecule has 0 aliphatic heterocycles. The van der Waals surface area contributed by atoms with Gasteiger partial charge in [-0.05, 0) is 60.2 Å². The number of aryl methyl sites for hydroxylation is 2. The predicted molar refractivity (Wildman–Crippen MR) is 76.3 cm³/mol. The third kappa shape index (κ3) is 4.22. The zero-order chi connectivity index (χ0) is 12.6. The molecule has 0 fully saturated rings. The second-order valence-corrected chi connectivity index (χ2v) is 5.17. The van der Waals surface area contributed by atoms with Gasteiger partial charge in [0.15, 0.2) is 0 Å². The van der Waals surface area contributed by atoms with Gasteiger partial charge < -0.3 is 0 Å². The van der Waals surface area contributed by atoms with E-state index in [4.69, 9.17) is 5.84 Å². The van der Waals surface area contributed by atoms with Gasteiger partial charge in [0, 0.05) is 17.9 Å². The maximum absolute atomic E-state index is 5.61. The van der Waals surface area contributed by atoms with Gasteiger partial charge in [0.1, 0.15) is 0 Å². The molecule has 2 rings (SSSR count). The summed E-state index contributed by atoms with van der Waals surface area (Å²) in [6.07, 6.45) is 5.99. The quantitative estimate of drug-likeness (QED) is 0.595. The molecule has 0 saturated heterocycles. The molecule has 0 radical (unpaired) electrons. The third-order valence-corrected chi connectivity index (χ3v) is 3.80. The summed E-state index contributed by atoms with van der Waals surface area (Å²) in [5.74, 6) is 5.61. The van der Waals surface area contributed by atoms with Gasteiger partial charge in [-0.2, -0.15) is 11.3 Å². The summed E-state index contributed by atoms with van der Waals surface area (Å²) in [6.45, 7) is 0. The number of pyridine rings is 1. The number of hydrogen-bond donors (Lipinski definition) is 2. The molecule has 18 heavy (non-hydrogen) atoms. The normalized spacial score (nSPS) is 12.5. The summed E-state index contributed by atoms with van der Waals surface area (Å²) < 4.78 is 0. The highest BCUT2D eigenvalue weighted by atomic mass is 32.1. The zero-order valence-corrected chi connectivity index (χ0v) is 11.2. The molecule has 0 spiro atoms. The van der Waals surface area contributed by atoms with Gasteiger partial charge in [0.25, 0.3) is 0 Å². The average molecular weight is 261 g/mol. The van der Waals surface area contributed by atoms with Gasteiger partial charge in [0.2, 0.25) is 0 Å². The molecule has 2 aromatic rings. The van der Waals surface area contributed by atoms with Crippen LogP contribution in [0.2, 0.25) is 0 Å². The molecule has 3 nitrogen and oxygen atoms in total. The minimum Gasteiger partial charge on any atom is -0.271 e. The molecule has 0 bridgehead atoms. The van der Waals surface area contributed by atoms with Gasteiger partial charge in [-0.1, -0.05) is 6.07 Å². The molecule has 1 unspecified atom stereocenters. The topological polar surface area (TPSA) is 50.9 Å². The van der Waals surface area contributed by atoms with Gasteiger partial charge in [-0.3, -0.25) is 16.3 Å². The number of nitrogens with one attached hydrogen (secondary N) is 1. The lowest BCUT2D eigenvalue weighted by Gasteiger charge is -2.15. The molecule has 0 amide bonds. The number of nitrogens with zero attached hydrogens (tertiary/aromatic N) is 1. The second kappa shape index (κ2) is 7.26. The van der Waals surface area contributed by atoms with E-state index in [9.17, 15) is 0 Å². The van der Waals surface area contributed by atoms with Crippen molar-refractivity contribution in [2.45, 2.75) is 31.7 Å². The Balaban J connectivity index is 1.75. The molecule has 3 N–H and O–H groups in total. The van der Waals surface area contributed by atoms with Crippen molar-refractivity contribution in [3.05, 3.63) is 52.5 Å². The Kier molecular flexibility index (Phi) is 5.33. The Bertz CT molecular complexity index is 428. The summed E-state index contributed by atoms with van der Waals surface area (Å²) in [4.78, 5) is 4.33. The van der Waals surface area contributed by atoms with Crippen LogP contribution in [0.3, 0.4) is 0 Å². The van der Waals surface area contributed by atoms with E-state index in [2.05, 4.69) is 33.3 Å². The van der Waals surface area contributed by atoms with Crippen molar-refractivity contribution in [1.82, 2.24) is 10.4 Å². The number of hydrazine groups is 1. The lowest BCUT2D eigenvalue weighted by Crippen LogP contribution is -2.35. The molecule has 96 valence electrons. The minimum atomic E-state index is 0.354. The molecule has 2 aromatic heterocycles. The van der Waals surface area contributed by atoms with Gasteiger partial charge in [-0.25, -0.2) is 0 Å². The number of nitrogens with two attached hydrogens (primary N) is 1. The summed E-state index contributed by atoms with van der Waals surface area (Å²) in [6, 6.07) is 8.56. The Morgan fingerprint density at radius 2 is 2.11 bits per heavy atom. The number of aromatic nitrogens is 1. The van der Waals surface area contributed by atoms with Gasteiger partial charge in [0.05, 0.1) is 0 Å². The number of hydrogen-bond acceptors (Lipinski definition) is 4. The molecule has 1 atom stereocenters. The summed E-state index contributed by atoms with van der Waals surface area (Å²) in [5.41, 5.74) is 5.44. The van der Waals surface area contributed by atoms with Crippen molar-refractivity contribution in [2.24, 2.45) is 5.84 Å². The second-order valence-electron chi connectivity index (χ2n) is 4.39. The maximum atomic E-state index is 5.61. The number of thiophene rings is 1. The zero-order valence-electron chi connectivity index (χ0n) is 10.4. The fraction of sp³-hybridized carbons (Fsp3) is 0.357. The predicted octanol–water partition coefficient (Wildman–Crippen LogP) is 2.54. The van der Waals surface area contributed by atoms with Crippen LogP contribution < -0.4 is 11.3 Å². The highest BCUT2D eigenvalue weighted by Gasteiger charge is 2.07. The Morgan fingerprint density at radius 3 is 2.78 bits per heavy atom. The van der Waals surface area contributed by atoms with Crippen LogP contribution >= 0.6 is 11.3 Å². The van der Waals surface area contributed by atoms with Crippen LogP contribution in [0, 0.1) is 0 Å². The molecule has 4 heteroatoms. The first-order valence-corrected chi connectivity index (χ1v) is 7.20. The van der Waals surface area contributed by atoms with E-state index in [0.29, 0.717) is 6.04 Å². The van der Waals surface area contributed by atoms with Crippen LogP contribution in [0.1, 0.15) is 24.1 Å². The van der Waals surface area contributed by atoms with Crippen LogP contribution in [0.15, 0.2) is 41.2 Å². The SMILES string of the molecule is NNC(CCc1ccsc1)CCc1ccccn1. The van der Waals surface area contributed by atoms with Crippen LogP contribution in [0.25, 0.3) is 0 Å². The Labute approximate surface area is 112 Å². The van der Waals surface area contributed by atoms with Crippen LogP contribution in [-0.4, -0.2) is 11.0 Å². The fourth-order valence-corrected chi connectivity index (χ4v) is 2.66. The molecular weight excluding hydrogens is 242 g/mol. The largest absolute Gasteiger partial charge is 0.271 e. The lowest BCUT2D eigenvalue weighted by molar-refractivity contribution is 0.462. The first-order chi connectivity index (χ1) is 8.88. The lowest BCUT2D eigenvalue weighted by atomic mass is 10.0. The van der Waals surface area contributed by atoms with Crippen molar-refractivity contribution in [1.29, 1.82) is 0 Å². The first kappa shape index (κ1) is 13.2. The van der Waals surface area contributed by atoms with Crippen molar-refractivity contribution in [3.8, 4) is 0 Å². The molecule has 0 aliphatic rings. The van der Waals surface area contributed by atoms with Gasteiger partial charge >= 0.3 is 0 Å². The van der Waals surface area contributed by atoms with E-state index in [1.54, 1.807) is 11.3 Å². The Morgan fingerprint density at radius 1 is 1.22 bits per heavy atom. The number of rotatable bonds is 7. The summed E-state index contributed by atoms with van der Waals surface area (Å²) >= 11 is 1.75. The molecule has 2 heterocycles. The minimum absolute atomic E-state index is 0.354. The van der Waals surface area contributed by atoms with Crippen molar-refractivity contribution in [2.75, 3.05) is 0 Å². The Hall–Kier alpha value is -1.23. The molecule has 0 saturated carbocycles. The van der Waals surface area contributed by atoms with Crippen molar-refractivity contribution < 1.29 is 0 Å². The van der Waals surface area contributed by atoms with E-state index in [-0.39, 0.29) is 0 Å². The van der Waals surface area contributed by atoms with E-state index in [1.165, 1.54) is 5.56 Å². The maximum Gasteiger partial charge on any atom is 0.0404 e. The first-order valence-electron chi connectivity index (χ1n) is 6.25. The average Bonchev–Trinajstić information content (AvgIpc) is 2.93. The summed E-state index contributed by atoms with van der Waals surface area (Å²) in [5, 5.41) is 4.32. The highest BCUT2D eigenvalue weighted by Crippen LogP contribution is 2.12.